The second kappa shape index (κ2) is 5.38. The highest BCUT2D eigenvalue weighted by Gasteiger charge is 2.35. The Morgan fingerprint density at radius 2 is 1.89 bits per heavy atom. The Balaban J connectivity index is 1.76. The zero-order chi connectivity index (χ0) is 13.2. The Kier molecular flexibility index (Phi) is 4.04. The number of aryl methyl sites for hydroxylation is 1. The molecule has 0 N–H and O–H groups in total. The fourth-order valence-corrected chi connectivity index (χ4v) is 2.97. The zero-order valence-corrected chi connectivity index (χ0v) is 11.6. The van der Waals surface area contributed by atoms with Gasteiger partial charge in [-0.05, 0) is 19.4 Å². The maximum absolute atomic E-state index is 11.5. The van der Waals surface area contributed by atoms with Gasteiger partial charge in [0.1, 0.15) is 0 Å². The largest absolute Gasteiger partial charge is 0.371 e. The van der Waals surface area contributed by atoms with E-state index in [1.807, 2.05) is 31.2 Å². The van der Waals surface area contributed by atoms with Crippen LogP contribution in [0.3, 0.4) is 0 Å². The van der Waals surface area contributed by atoms with E-state index < -0.39 is 10.0 Å². The zero-order valence-electron chi connectivity index (χ0n) is 10.8. The van der Waals surface area contributed by atoms with Gasteiger partial charge < -0.3 is 4.74 Å². The van der Waals surface area contributed by atoms with E-state index in [0.29, 0.717) is 19.7 Å². The Morgan fingerprint density at radius 1 is 1.28 bits per heavy atom. The maximum atomic E-state index is 11.5. The highest BCUT2D eigenvalue weighted by atomic mass is 32.2. The van der Waals surface area contributed by atoms with Crippen LogP contribution in [0.25, 0.3) is 0 Å². The lowest BCUT2D eigenvalue weighted by molar-refractivity contribution is -0.0295. The molecule has 0 atom stereocenters. The topological polar surface area (TPSA) is 46.6 Å². The van der Waals surface area contributed by atoms with E-state index in [0.717, 1.165) is 5.56 Å². The number of benzene rings is 1. The third-order valence-corrected chi connectivity index (χ3v) is 4.99. The molecule has 2 rings (SSSR count). The molecule has 1 saturated heterocycles. The van der Waals surface area contributed by atoms with Crippen LogP contribution in [0.1, 0.15) is 18.1 Å². The number of hydrogen-bond acceptors (Lipinski definition) is 3. The third kappa shape index (κ3) is 3.10. The van der Waals surface area contributed by atoms with Gasteiger partial charge in [0.15, 0.2) is 0 Å². The molecule has 1 aromatic rings. The molecule has 1 aromatic carbocycles. The molecule has 0 amide bonds. The van der Waals surface area contributed by atoms with Crippen molar-refractivity contribution < 1.29 is 13.2 Å². The summed E-state index contributed by atoms with van der Waals surface area (Å²) in [5, 5.41) is 0. The summed E-state index contributed by atoms with van der Waals surface area (Å²) < 4.78 is 30.2. The number of hydrogen-bond donors (Lipinski definition) is 0. The van der Waals surface area contributed by atoms with Gasteiger partial charge in [-0.2, -0.15) is 4.31 Å². The maximum Gasteiger partial charge on any atom is 0.214 e. The van der Waals surface area contributed by atoms with Crippen molar-refractivity contribution in [3.05, 3.63) is 35.4 Å². The van der Waals surface area contributed by atoms with Crippen molar-refractivity contribution in [1.82, 2.24) is 4.31 Å². The Hall–Kier alpha value is -0.910. The molecule has 1 fully saturated rings. The second-order valence-electron chi connectivity index (χ2n) is 4.64. The van der Waals surface area contributed by atoms with E-state index >= 15 is 0 Å². The minimum absolute atomic E-state index is 0.0348. The summed E-state index contributed by atoms with van der Waals surface area (Å²) >= 11 is 0. The molecule has 4 nitrogen and oxygen atoms in total. The Bertz CT molecular complexity index is 489. The molecule has 1 aliphatic heterocycles. The summed E-state index contributed by atoms with van der Waals surface area (Å²) in [6.45, 7) is 5.23. The Labute approximate surface area is 109 Å². The monoisotopic (exact) mass is 269 g/mol. The van der Waals surface area contributed by atoms with E-state index in [1.165, 1.54) is 9.87 Å². The first kappa shape index (κ1) is 13.5. The summed E-state index contributed by atoms with van der Waals surface area (Å²) in [6, 6.07) is 8.17. The van der Waals surface area contributed by atoms with Gasteiger partial charge in [0, 0.05) is 13.1 Å². The van der Waals surface area contributed by atoms with Crippen molar-refractivity contribution in [2.75, 3.05) is 18.8 Å². The molecule has 0 radical (unpaired) electrons. The molecule has 18 heavy (non-hydrogen) atoms. The van der Waals surface area contributed by atoms with Crippen molar-refractivity contribution >= 4 is 10.0 Å². The fourth-order valence-electron chi connectivity index (χ4n) is 1.81. The lowest BCUT2D eigenvalue weighted by atomic mass is 10.1. The lowest BCUT2D eigenvalue weighted by Crippen LogP contribution is -2.54. The van der Waals surface area contributed by atoms with Gasteiger partial charge in [-0.3, -0.25) is 0 Å². The van der Waals surface area contributed by atoms with Crippen LogP contribution in [-0.4, -0.2) is 37.7 Å². The van der Waals surface area contributed by atoms with Gasteiger partial charge in [-0.15, -0.1) is 0 Å². The molecule has 5 heteroatoms. The van der Waals surface area contributed by atoms with Gasteiger partial charge >= 0.3 is 0 Å². The number of sulfonamides is 1. The molecule has 0 unspecified atom stereocenters. The molecule has 0 spiro atoms. The van der Waals surface area contributed by atoms with Crippen LogP contribution in [0.15, 0.2) is 24.3 Å². The molecule has 0 aromatic heterocycles. The highest BCUT2D eigenvalue weighted by molar-refractivity contribution is 7.89. The van der Waals surface area contributed by atoms with Gasteiger partial charge in [0.25, 0.3) is 0 Å². The normalized spacial score (nSPS) is 17.7. The van der Waals surface area contributed by atoms with Crippen LogP contribution in [0.4, 0.5) is 0 Å². The predicted octanol–water partition coefficient (Wildman–Crippen LogP) is 1.55. The summed E-state index contributed by atoms with van der Waals surface area (Å²) in [7, 11) is -3.03. The first-order chi connectivity index (χ1) is 8.51. The van der Waals surface area contributed by atoms with E-state index in [1.54, 1.807) is 6.92 Å². The summed E-state index contributed by atoms with van der Waals surface area (Å²) in [5.41, 5.74) is 2.35. The highest BCUT2D eigenvalue weighted by Crippen LogP contribution is 2.18. The quantitative estimate of drug-likeness (QED) is 0.814. The number of rotatable bonds is 5. The molecule has 1 heterocycles. The van der Waals surface area contributed by atoms with Crippen LogP contribution in [0.2, 0.25) is 0 Å². The number of ether oxygens (including phenoxy) is 1. The fraction of sp³-hybridized carbons (Fsp3) is 0.538. The van der Waals surface area contributed by atoms with Gasteiger partial charge in [-0.1, -0.05) is 29.8 Å². The minimum Gasteiger partial charge on any atom is -0.371 e. The van der Waals surface area contributed by atoms with E-state index in [2.05, 4.69) is 0 Å². The molecule has 0 bridgehead atoms. The van der Waals surface area contributed by atoms with Crippen LogP contribution in [0.5, 0.6) is 0 Å². The van der Waals surface area contributed by atoms with Crippen molar-refractivity contribution in [1.29, 1.82) is 0 Å². The van der Waals surface area contributed by atoms with Crippen molar-refractivity contribution in [3.63, 3.8) is 0 Å². The average molecular weight is 269 g/mol. The number of nitrogens with zero attached hydrogens (tertiary/aromatic N) is 1. The third-order valence-electron chi connectivity index (χ3n) is 3.18. The first-order valence-corrected chi connectivity index (χ1v) is 7.77. The van der Waals surface area contributed by atoms with Gasteiger partial charge in [0.2, 0.25) is 10.0 Å². The summed E-state index contributed by atoms with van der Waals surface area (Å²) in [6.07, 6.45) is 0.0348. The van der Waals surface area contributed by atoms with Crippen LogP contribution in [0, 0.1) is 6.92 Å². The van der Waals surface area contributed by atoms with E-state index in [9.17, 15) is 8.42 Å². The first-order valence-electron chi connectivity index (χ1n) is 6.16. The van der Waals surface area contributed by atoms with Gasteiger partial charge in [0.05, 0.1) is 18.5 Å². The summed E-state index contributed by atoms with van der Waals surface area (Å²) in [5.74, 6) is 0.164. The van der Waals surface area contributed by atoms with Crippen molar-refractivity contribution in [2.24, 2.45) is 0 Å². The Morgan fingerprint density at radius 3 is 2.44 bits per heavy atom. The van der Waals surface area contributed by atoms with E-state index in [4.69, 9.17) is 4.74 Å². The molecule has 100 valence electrons. The SMILES string of the molecule is CCS(=O)(=O)N1CC(OCc2ccc(C)cc2)C1. The smallest absolute Gasteiger partial charge is 0.214 e. The lowest BCUT2D eigenvalue weighted by Gasteiger charge is -2.37. The molecular weight excluding hydrogens is 250 g/mol. The minimum atomic E-state index is -3.03. The standard InChI is InChI=1S/C13H19NO3S/c1-3-18(15,16)14-8-13(9-14)17-10-12-6-4-11(2)5-7-12/h4-7,13H,3,8-10H2,1-2H3. The molecular formula is C13H19NO3S. The molecule has 1 aliphatic rings. The predicted molar refractivity (Wildman–Crippen MR) is 70.8 cm³/mol. The average Bonchev–Trinajstić information content (AvgIpc) is 2.29. The summed E-state index contributed by atoms with van der Waals surface area (Å²) in [4.78, 5) is 0. The van der Waals surface area contributed by atoms with Crippen molar-refractivity contribution in [2.45, 2.75) is 26.6 Å². The van der Waals surface area contributed by atoms with Crippen LogP contribution in [-0.2, 0) is 21.4 Å². The van der Waals surface area contributed by atoms with Crippen LogP contribution < -0.4 is 0 Å². The molecule has 0 aliphatic carbocycles. The van der Waals surface area contributed by atoms with Crippen molar-refractivity contribution in [3.8, 4) is 0 Å². The van der Waals surface area contributed by atoms with E-state index in [-0.39, 0.29) is 11.9 Å². The van der Waals surface area contributed by atoms with Gasteiger partial charge in [-0.25, -0.2) is 8.42 Å². The molecule has 0 saturated carbocycles. The second-order valence-corrected chi connectivity index (χ2v) is 6.89. The van der Waals surface area contributed by atoms with Crippen LogP contribution >= 0.6 is 0 Å².